The number of aromatic nitrogens is 1. The molecule has 0 N–H and O–H groups in total. The number of carbonyl (C=O) groups is 1. The van der Waals surface area contributed by atoms with Crippen molar-refractivity contribution in [1.29, 1.82) is 0 Å². The number of rotatable bonds is 7. The van der Waals surface area contributed by atoms with Crippen LogP contribution in [0.25, 0.3) is 11.1 Å². The van der Waals surface area contributed by atoms with Crippen LogP contribution in [-0.2, 0) is 32.5 Å². The highest BCUT2D eigenvalue weighted by Crippen LogP contribution is 2.41. The number of aryl methyl sites for hydroxylation is 1. The summed E-state index contributed by atoms with van der Waals surface area (Å²) in [4.78, 5) is 18.7. The third-order valence-corrected chi connectivity index (χ3v) is 10.6. The molecule has 42 heavy (non-hydrogen) atoms. The fourth-order valence-electron chi connectivity index (χ4n) is 6.59. The zero-order valence-electron chi connectivity index (χ0n) is 24.2. The molecule has 1 spiro atoms. The summed E-state index contributed by atoms with van der Waals surface area (Å²) in [5, 5.41) is 0. The molecule has 7 nitrogen and oxygen atoms in total. The van der Waals surface area contributed by atoms with Gasteiger partial charge in [0.15, 0.2) is 9.84 Å². The molecule has 2 aromatic carbocycles. The predicted octanol–water partition coefficient (Wildman–Crippen LogP) is 6.74. The number of ether oxygens (including phenoxy) is 2. The van der Waals surface area contributed by atoms with E-state index in [-0.39, 0.29) is 23.2 Å². The predicted molar refractivity (Wildman–Crippen MR) is 163 cm³/mol. The molecular weight excluding hydrogens is 548 g/mol. The van der Waals surface area contributed by atoms with E-state index in [1.54, 1.807) is 24.4 Å². The maximum Gasteiger partial charge on any atom is 0.409 e. The monoisotopic (exact) mass is 588 g/mol. The second kappa shape index (κ2) is 12.5. The van der Waals surface area contributed by atoms with Gasteiger partial charge in [0.2, 0.25) is 0 Å². The van der Waals surface area contributed by atoms with Gasteiger partial charge in [0.25, 0.3) is 0 Å². The van der Waals surface area contributed by atoms with Crippen LogP contribution in [0, 0.1) is 5.92 Å². The van der Waals surface area contributed by atoms with Crippen molar-refractivity contribution in [3.05, 3.63) is 83.7 Å². The third kappa shape index (κ3) is 6.97. The number of amides is 1. The van der Waals surface area contributed by atoms with Crippen LogP contribution in [0.15, 0.2) is 66.9 Å². The number of sulfone groups is 1. The van der Waals surface area contributed by atoms with Crippen molar-refractivity contribution in [1.82, 2.24) is 9.88 Å². The van der Waals surface area contributed by atoms with Gasteiger partial charge in [-0.05, 0) is 78.1 Å². The van der Waals surface area contributed by atoms with Gasteiger partial charge < -0.3 is 14.4 Å². The fourth-order valence-corrected chi connectivity index (χ4v) is 8.01. The maximum atomic E-state index is 12.7. The highest BCUT2D eigenvalue weighted by atomic mass is 32.2. The Bertz CT molecular complexity index is 1480. The van der Waals surface area contributed by atoms with Crippen LogP contribution >= 0.6 is 0 Å². The molecular formula is C34H40N2O5S. The number of nitrogens with zero attached hydrogens (tertiary/aromatic N) is 2. The molecule has 2 aliphatic heterocycles. The van der Waals surface area contributed by atoms with Crippen LogP contribution in [0.4, 0.5) is 4.79 Å². The summed E-state index contributed by atoms with van der Waals surface area (Å²) in [5.74, 6) is 1.37. The number of benzene rings is 2. The number of likely N-dealkylation sites (tertiary alicyclic amines) is 1. The Kier molecular flexibility index (Phi) is 8.52. The summed E-state index contributed by atoms with van der Waals surface area (Å²) >= 11 is 0. The van der Waals surface area contributed by atoms with E-state index in [0.717, 1.165) is 48.1 Å². The number of fused-ring (bicyclic) bond motifs is 1. The van der Waals surface area contributed by atoms with Crippen molar-refractivity contribution in [2.75, 3.05) is 19.7 Å². The van der Waals surface area contributed by atoms with Crippen LogP contribution < -0.4 is 4.74 Å². The molecule has 1 saturated carbocycles. The van der Waals surface area contributed by atoms with E-state index in [4.69, 9.17) is 9.47 Å². The van der Waals surface area contributed by atoms with E-state index in [1.807, 2.05) is 29.2 Å². The van der Waals surface area contributed by atoms with Gasteiger partial charge in [0, 0.05) is 32.1 Å². The normalized spacial score (nSPS) is 18.7. The molecule has 1 aliphatic carbocycles. The van der Waals surface area contributed by atoms with E-state index in [9.17, 15) is 13.2 Å². The molecule has 0 bridgehead atoms. The summed E-state index contributed by atoms with van der Waals surface area (Å²) in [6.45, 7) is 1.89. The van der Waals surface area contributed by atoms with Crippen LogP contribution in [0.1, 0.15) is 68.2 Å². The first-order valence-corrected chi connectivity index (χ1v) is 17.1. The molecule has 8 heteroatoms. The van der Waals surface area contributed by atoms with Crippen LogP contribution in [0.2, 0.25) is 0 Å². The van der Waals surface area contributed by atoms with Gasteiger partial charge in [-0.15, -0.1) is 0 Å². The average Bonchev–Trinajstić information content (AvgIpc) is 3.01. The van der Waals surface area contributed by atoms with E-state index < -0.39 is 9.84 Å². The van der Waals surface area contributed by atoms with Crippen molar-refractivity contribution < 1.29 is 22.7 Å². The fraction of sp³-hybridized carbons (Fsp3) is 0.471. The molecule has 0 radical (unpaired) electrons. The highest BCUT2D eigenvalue weighted by molar-refractivity contribution is 7.89. The number of hydrogen-bond donors (Lipinski definition) is 0. The highest BCUT2D eigenvalue weighted by Gasteiger charge is 2.41. The van der Waals surface area contributed by atoms with Gasteiger partial charge in [-0.1, -0.05) is 55.7 Å². The Morgan fingerprint density at radius 1 is 0.929 bits per heavy atom. The molecule has 3 aliphatic rings. The van der Waals surface area contributed by atoms with Gasteiger partial charge in [0.05, 0.1) is 23.8 Å². The molecule has 1 aromatic heterocycles. The van der Waals surface area contributed by atoms with E-state index >= 15 is 0 Å². The molecule has 222 valence electrons. The minimum atomic E-state index is -3.31. The van der Waals surface area contributed by atoms with E-state index in [0.29, 0.717) is 31.3 Å². The molecule has 6 rings (SSSR count). The van der Waals surface area contributed by atoms with Gasteiger partial charge >= 0.3 is 6.09 Å². The first-order chi connectivity index (χ1) is 20.4. The lowest BCUT2D eigenvalue weighted by atomic mass is 9.82. The van der Waals surface area contributed by atoms with Crippen LogP contribution in [-0.4, -0.2) is 49.7 Å². The molecule has 0 unspecified atom stereocenters. The Hall–Kier alpha value is -3.39. The molecule has 0 atom stereocenters. The van der Waals surface area contributed by atoms with Crippen LogP contribution in [0.3, 0.4) is 0 Å². The first-order valence-electron chi connectivity index (χ1n) is 15.3. The van der Waals surface area contributed by atoms with Crippen molar-refractivity contribution in [2.24, 2.45) is 5.92 Å². The first kappa shape index (κ1) is 28.7. The second-order valence-electron chi connectivity index (χ2n) is 12.2. The maximum absolute atomic E-state index is 12.7. The van der Waals surface area contributed by atoms with Crippen molar-refractivity contribution in [2.45, 2.75) is 74.9 Å². The number of piperidine rings is 1. The largest absolute Gasteiger partial charge is 0.487 e. The Balaban J connectivity index is 1.03. The Labute approximate surface area is 249 Å². The van der Waals surface area contributed by atoms with Crippen LogP contribution in [0.5, 0.6) is 5.75 Å². The molecule has 2 fully saturated rings. The number of pyridine rings is 1. The summed E-state index contributed by atoms with van der Waals surface area (Å²) in [7, 11) is -3.31. The van der Waals surface area contributed by atoms with Gasteiger partial charge in [-0.2, -0.15) is 0 Å². The lowest BCUT2D eigenvalue weighted by molar-refractivity contribution is -0.0161. The second-order valence-corrected chi connectivity index (χ2v) is 14.3. The van der Waals surface area contributed by atoms with Crippen molar-refractivity contribution in [3.8, 4) is 16.9 Å². The molecule has 3 aromatic rings. The zero-order chi connectivity index (χ0) is 29.0. The van der Waals surface area contributed by atoms with Gasteiger partial charge in [-0.25, -0.2) is 13.2 Å². The lowest BCUT2D eigenvalue weighted by Crippen LogP contribution is -2.51. The van der Waals surface area contributed by atoms with E-state index in [2.05, 4.69) is 23.2 Å². The smallest absolute Gasteiger partial charge is 0.409 e. The van der Waals surface area contributed by atoms with Crippen molar-refractivity contribution in [3.63, 3.8) is 0 Å². The molecule has 1 saturated heterocycles. The SMILES string of the molecule is O=C(OCC1CCCCC1)N1CCC2(CCc3cc(-c4ccc(CS(=O)(=O)Cc5ccccn5)cc4)ccc3O2)CC1. The Morgan fingerprint density at radius 2 is 1.69 bits per heavy atom. The minimum absolute atomic E-state index is 0.0143. The summed E-state index contributed by atoms with van der Waals surface area (Å²) in [5.41, 5.74) is 4.43. The topological polar surface area (TPSA) is 85.8 Å². The Morgan fingerprint density at radius 3 is 2.43 bits per heavy atom. The lowest BCUT2D eigenvalue weighted by Gasteiger charge is -2.44. The van der Waals surface area contributed by atoms with Gasteiger partial charge in [0.1, 0.15) is 11.4 Å². The zero-order valence-corrected chi connectivity index (χ0v) is 25.0. The summed E-state index contributed by atoms with van der Waals surface area (Å²) < 4.78 is 37.6. The standard InChI is InChI=1S/C34H40N2O5S/c37-33(40-23-26-6-2-1-3-7-26)36-20-17-34(18-21-36)16-15-30-22-29(13-14-32(30)41-34)28-11-9-27(10-12-28)24-42(38,39)25-31-8-4-5-19-35-31/h4-5,8-14,19,22,26H,1-3,6-7,15-18,20-21,23-25H2. The molecule has 1 amide bonds. The third-order valence-electron chi connectivity index (χ3n) is 9.10. The quantitative estimate of drug-likeness (QED) is 0.304. The van der Waals surface area contributed by atoms with E-state index in [1.165, 1.54) is 37.7 Å². The molecule has 3 heterocycles. The summed E-state index contributed by atoms with van der Waals surface area (Å²) in [6, 6.07) is 19.4. The van der Waals surface area contributed by atoms with Gasteiger partial charge in [-0.3, -0.25) is 4.98 Å². The number of carbonyl (C=O) groups excluding carboxylic acids is 1. The summed E-state index contributed by atoms with van der Waals surface area (Å²) in [6.07, 6.45) is 11.1. The van der Waals surface area contributed by atoms with Crippen molar-refractivity contribution >= 4 is 15.9 Å². The number of hydrogen-bond acceptors (Lipinski definition) is 6. The minimum Gasteiger partial charge on any atom is -0.487 e. The average molecular weight is 589 g/mol.